The highest BCUT2D eigenvalue weighted by Crippen LogP contribution is 2.38. The van der Waals surface area contributed by atoms with E-state index in [1.807, 2.05) is 0 Å². The summed E-state index contributed by atoms with van der Waals surface area (Å²) in [6, 6.07) is 9.68. The van der Waals surface area contributed by atoms with Crippen LogP contribution in [0.5, 0.6) is 17.2 Å². The van der Waals surface area contributed by atoms with E-state index in [1.54, 1.807) is 36.4 Å². The molecule has 7 heteroatoms. The Hall–Kier alpha value is -2.73. The molecule has 0 aliphatic carbocycles. The maximum Gasteiger partial charge on any atom is 0.310 e. The van der Waals surface area contributed by atoms with E-state index in [4.69, 9.17) is 30.5 Å². The van der Waals surface area contributed by atoms with Crippen LogP contribution in [-0.4, -0.2) is 39.7 Å². The summed E-state index contributed by atoms with van der Waals surface area (Å²) in [5.41, 5.74) is 1.04. The lowest BCUT2D eigenvalue weighted by atomic mass is 10.1. The SMILES string of the molecule is COc1cc(CC(=O)OCC(=O)c2ccc(Cl)cc2)cc(OC)c1OC. The molecule has 2 aromatic rings. The van der Waals surface area contributed by atoms with Gasteiger partial charge >= 0.3 is 5.97 Å². The first-order chi connectivity index (χ1) is 12.5. The second-order valence-electron chi connectivity index (χ2n) is 5.30. The van der Waals surface area contributed by atoms with Crippen LogP contribution in [0.4, 0.5) is 0 Å². The Morgan fingerprint density at radius 1 is 0.923 bits per heavy atom. The van der Waals surface area contributed by atoms with E-state index in [0.717, 1.165) is 0 Å². The zero-order chi connectivity index (χ0) is 19.1. The molecular formula is C19H19ClO6. The minimum atomic E-state index is -0.540. The van der Waals surface area contributed by atoms with Crippen LogP contribution < -0.4 is 14.2 Å². The van der Waals surface area contributed by atoms with Gasteiger partial charge in [0.1, 0.15) is 0 Å². The number of ether oxygens (including phenoxy) is 4. The van der Waals surface area contributed by atoms with E-state index >= 15 is 0 Å². The van der Waals surface area contributed by atoms with Crippen molar-refractivity contribution in [3.05, 3.63) is 52.5 Å². The topological polar surface area (TPSA) is 71.1 Å². The molecule has 0 saturated carbocycles. The van der Waals surface area contributed by atoms with Crippen molar-refractivity contribution >= 4 is 23.4 Å². The maximum absolute atomic E-state index is 12.0. The van der Waals surface area contributed by atoms with Crippen molar-refractivity contribution in [2.75, 3.05) is 27.9 Å². The number of carbonyl (C=O) groups excluding carboxylic acids is 2. The number of halogens is 1. The molecule has 0 aromatic heterocycles. The van der Waals surface area contributed by atoms with Crippen molar-refractivity contribution in [1.29, 1.82) is 0 Å². The monoisotopic (exact) mass is 378 g/mol. The number of benzene rings is 2. The molecule has 26 heavy (non-hydrogen) atoms. The van der Waals surface area contributed by atoms with Gasteiger partial charge in [0, 0.05) is 10.6 Å². The van der Waals surface area contributed by atoms with Gasteiger partial charge in [-0.3, -0.25) is 9.59 Å². The average Bonchev–Trinajstić information content (AvgIpc) is 2.65. The normalized spacial score (nSPS) is 10.2. The molecule has 2 aromatic carbocycles. The molecule has 0 heterocycles. The number of esters is 1. The molecule has 138 valence electrons. The van der Waals surface area contributed by atoms with Gasteiger partial charge in [-0.1, -0.05) is 11.6 Å². The zero-order valence-corrected chi connectivity index (χ0v) is 15.5. The predicted octanol–water partition coefficient (Wildman–Crippen LogP) is 3.33. The predicted molar refractivity (Wildman–Crippen MR) is 96.5 cm³/mol. The molecule has 0 N–H and O–H groups in total. The standard InChI is InChI=1S/C19H19ClO6/c1-23-16-8-12(9-17(24-2)19(16)25-3)10-18(22)26-11-15(21)13-4-6-14(20)7-5-13/h4-9H,10-11H2,1-3H3. The van der Waals surface area contributed by atoms with E-state index in [2.05, 4.69) is 0 Å². The Morgan fingerprint density at radius 3 is 2.00 bits per heavy atom. The van der Waals surface area contributed by atoms with Crippen molar-refractivity contribution in [3.63, 3.8) is 0 Å². The Balaban J connectivity index is 2.01. The molecule has 0 atom stereocenters. The van der Waals surface area contributed by atoms with Crippen LogP contribution in [0.3, 0.4) is 0 Å². The second kappa shape index (κ2) is 9.10. The van der Waals surface area contributed by atoms with Crippen LogP contribution in [0.2, 0.25) is 5.02 Å². The van der Waals surface area contributed by atoms with Gasteiger partial charge in [0.2, 0.25) is 5.75 Å². The Morgan fingerprint density at radius 2 is 1.50 bits per heavy atom. The molecule has 0 aliphatic rings. The van der Waals surface area contributed by atoms with Crippen molar-refractivity contribution in [3.8, 4) is 17.2 Å². The highest BCUT2D eigenvalue weighted by Gasteiger charge is 2.16. The lowest BCUT2D eigenvalue weighted by Crippen LogP contribution is -2.15. The van der Waals surface area contributed by atoms with Crippen LogP contribution in [0.25, 0.3) is 0 Å². The first-order valence-corrected chi connectivity index (χ1v) is 8.09. The van der Waals surface area contributed by atoms with E-state index in [9.17, 15) is 9.59 Å². The van der Waals surface area contributed by atoms with Crippen molar-refractivity contribution in [2.24, 2.45) is 0 Å². The summed E-state index contributed by atoms with van der Waals surface area (Å²) in [7, 11) is 4.48. The number of hydrogen-bond donors (Lipinski definition) is 0. The largest absolute Gasteiger partial charge is 0.493 e. The summed E-state index contributed by atoms with van der Waals surface area (Å²) in [6.07, 6.45) is -0.0371. The first-order valence-electron chi connectivity index (χ1n) is 7.71. The third-order valence-electron chi connectivity index (χ3n) is 3.60. The number of methoxy groups -OCH3 is 3. The minimum absolute atomic E-state index is 0.0371. The molecule has 0 saturated heterocycles. The molecule has 0 spiro atoms. The van der Waals surface area contributed by atoms with E-state index < -0.39 is 5.97 Å². The Labute approximate surface area is 156 Å². The third kappa shape index (κ3) is 4.89. The van der Waals surface area contributed by atoms with Crippen LogP contribution in [-0.2, 0) is 16.0 Å². The molecule has 0 bridgehead atoms. The van der Waals surface area contributed by atoms with Crippen LogP contribution >= 0.6 is 11.6 Å². The van der Waals surface area contributed by atoms with E-state index in [1.165, 1.54) is 21.3 Å². The van der Waals surface area contributed by atoms with Crippen molar-refractivity contribution in [2.45, 2.75) is 6.42 Å². The zero-order valence-electron chi connectivity index (χ0n) is 14.7. The highest BCUT2D eigenvalue weighted by molar-refractivity contribution is 6.30. The van der Waals surface area contributed by atoms with Crippen LogP contribution in [0, 0.1) is 0 Å². The fourth-order valence-electron chi connectivity index (χ4n) is 2.32. The molecule has 6 nitrogen and oxygen atoms in total. The smallest absolute Gasteiger partial charge is 0.310 e. The van der Waals surface area contributed by atoms with E-state index in [-0.39, 0.29) is 18.8 Å². The van der Waals surface area contributed by atoms with Gasteiger partial charge in [0.05, 0.1) is 27.8 Å². The number of carbonyl (C=O) groups is 2. The molecule has 0 aliphatic heterocycles. The second-order valence-corrected chi connectivity index (χ2v) is 5.74. The fourth-order valence-corrected chi connectivity index (χ4v) is 2.45. The summed E-state index contributed by atoms with van der Waals surface area (Å²) in [5, 5.41) is 0.529. The molecule has 0 amide bonds. The quantitative estimate of drug-likeness (QED) is 0.518. The Kier molecular flexibility index (Phi) is 6.86. The molecule has 0 unspecified atom stereocenters. The van der Waals surface area contributed by atoms with Gasteiger partial charge < -0.3 is 18.9 Å². The summed E-state index contributed by atoms with van der Waals surface area (Å²) in [6.45, 7) is -0.342. The molecular weight excluding hydrogens is 360 g/mol. The summed E-state index contributed by atoms with van der Waals surface area (Å²) < 4.78 is 20.8. The number of Topliss-reactive ketones (excluding diaryl/α,β-unsaturated/α-hetero) is 1. The van der Waals surface area contributed by atoms with Gasteiger partial charge in [-0.15, -0.1) is 0 Å². The van der Waals surface area contributed by atoms with Gasteiger partial charge in [0.25, 0.3) is 0 Å². The van der Waals surface area contributed by atoms with Gasteiger partial charge in [-0.25, -0.2) is 0 Å². The minimum Gasteiger partial charge on any atom is -0.493 e. The fraction of sp³-hybridized carbons (Fsp3) is 0.263. The molecule has 0 fully saturated rings. The van der Waals surface area contributed by atoms with Crippen LogP contribution in [0.15, 0.2) is 36.4 Å². The lowest BCUT2D eigenvalue weighted by Gasteiger charge is -2.14. The highest BCUT2D eigenvalue weighted by atomic mass is 35.5. The Bertz CT molecular complexity index is 760. The summed E-state index contributed by atoms with van der Waals surface area (Å²) in [4.78, 5) is 24.1. The average molecular weight is 379 g/mol. The summed E-state index contributed by atoms with van der Waals surface area (Å²) >= 11 is 5.78. The van der Waals surface area contributed by atoms with Crippen LogP contribution in [0.1, 0.15) is 15.9 Å². The number of rotatable bonds is 8. The summed E-state index contributed by atoms with van der Waals surface area (Å²) in [5.74, 6) is 0.463. The lowest BCUT2D eigenvalue weighted by molar-refractivity contribution is -0.141. The third-order valence-corrected chi connectivity index (χ3v) is 3.86. The number of hydrogen-bond acceptors (Lipinski definition) is 6. The van der Waals surface area contributed by atoms with Crippen molar-refractivity contribution < 1.29 is 28.5 Å². The first kappa shape index (κ1) is 19.6. The number of ketones is 1. The van der Waals surface area contributed by atoms with Gasteiger partial charge in [-0.2, -0.15) is 0 Å². The van der Waals surface area contributed by atoms with E-state index in [0.29, 0.717) is 33.4 Å². The molecule has 2 rings (SSSR count). The van der Waals surface area contributed by atoms with Gasteiger partial charge in [0.15, 0.2) is 23.9 Å². The molecule has 0 radical (unpaired) electrons. The maximum atomic E-state index is 12.0. The van der Waals surface area contributed by atoms with Crippen molar-refractivity contribution in [1.82, 2.24) is 0 Å². The van der Waals surface area contributed by atoms with Gasteiger partial charge in [-0.05, 0) is 42.0 Å².